The molecule has 0 aliphatic rings. The molecule has 0 radical (unpaired) electrons. The molecule has 1 heterocycles. The second-order valence-corrected chi connectivity index (χ2v) is 10.7. The smallest absolute Gasteiger partial charge is 0.135 e. The van der Waals surface area contributed by atoms with Gasteiger partial charge in [0, 0.05) is 10.8 Å². The Bertz CT molecular complexity index is 2860. The average molecular weight is 555 g/mol. The molecule has 1 aromatic heterocycles. The summed E-state index contributed by atoms with van der Waals surface area (Å²) in [5, 5.41) is 4.58. The molecule has 0 atom stereocenters. The van der Waals surface area contributed by atoms with E-state index in [4.69, 9.17) is 9.90 Å². The molecule has 9 aromatic rings. The van der Waals surface area contributed by atoms with Gasteiger partial charge in [-0.15, -0.1) is 0 Å². The fraction of sp³-hybridized carbons (Fsp3) is 0. The van der Waals surface area contributed by atoms with Crippen LogP contribution in [0.4, 0.5) is 0 Å². The number of hydrogen-bond acceptors (Lipinski definition) is 1. The molecule has 9 rings (SSSR count). The SMILES string of the molecule is [2H]c1c([2H])c([2H])c2c(-c3ccc4oc5ccccc5c4c3)c3c([2H])c([2H])c([2H])c([2H])c3c(-c3ccc(-c4ccc5ccccc5c4)cc3)c2c1[2H]. The van der Waals surface area contributed by atoms with Crippen molar-refractivity contribution >= 4 is 54.3 Å². The molecule has 0 bridgehead atoms. The fourth-order valence-electron chi connectivity index (χ4n) is 6.28. The third-order valence-electron chi connectivity index (χ3n) is 8.30. The van der Waals surface area contributed by atoms with E-state index in [1.807, 2.05) is 72.8 Å². The Morgan fingerprint density at radius 2 is 0.907 bits per heavy atom. The molecule has 200 valence electrons. The first kappa shape index (κ1) is 17.3. The van der Waals surface area contributed by atoms with Gasteiger partial charge in [0.15, 0.2) is 0 Å². The highest BCUT2D eigenvalue weighted by molar-refractivity contribution is 6.22. The van der Waals surface area contributed by atoms with Crippen molar-refractivity contribution in [3.8, 4) is 33.4 Å². The zero-order chi connectivity index (χ0) is 35.3. The van der Waals surface area contributed by atoms with Crippen molar-refractivity contribution in [3.05, 3.63) is 158 Å². The van der Waals surface area contributed by atoms with Gasteiger partial charge in [0.25, 0.3) is 0 Å². The Labute approximate surface area is 260 Å². The monoisotopic (exact) mass is 554 g/mol. The topological polar surface area (TPSA) is 13.1 Å². The van der Waals surface area contributed by atoms with Crippen LogP contribution in [0.5, 0.6) is 0 Å². The third kappa shape index (κ3) is 3.79. The highest BCUT2D eigenvalue weighted by atomic mass is 16.3. The molecule has 0 fully saturated rings. The lowest BCUT2D eigenvalue weighted by molar-refractivity contribution is 0.669. The Hall–Kier alpha value is -5.66. The van der Waals surface area contributed by atoms with Crippen LogP contribution in [-0.4, -0.2) is 0 Å². The van der Waals surface area contributed by atoms with Crippen LogP contribution in [0.2, 0.25) is 0 Å². The van der Waals surface area contributed by atoms with Gasteiger partial charge in [-0.25, -0.2) is 0 Å². The zero-order valence-electron chi connectivity index (χ0n) is 30.8. The molecule has 1 heteroatoms. The number of para-hydroxylation sites is 1. The maximum atomic E-state index is 9.25. The second-order valence-electron chi connectivity index (χ2n) is 10.7. The first-order chi connectivity index (χ1) is 24.6. The standard InChI is InChI=1S/C42H26O/c1-2-10-30-25-31(22-19-27(30)9-1)28-17-20-29(21-18-28)41-34-12-3-5-14-36(34)42(37-15-6-4-13-35(37)41)32-23-24-40-38(26-32)33-11-7-8-16-39(33)43-40/h1-26H/i3D,4D,5D,6D,12D,13D,14D,15D. The van der Waals surface area contributed by atoms with Crippen molar-refractivity contribution in [2.45, 2.75) is 0 Å². The summed E-state index contributed by atoms with van der Waals surface area (Å²) in [4.78, 5) is 0. The second kappa shape index (κ2) is 9.44. The predicted octanol–water partition coefficient (Wildman–Crippen LogP) is 12.0. The largest absolute Gasteiger partial charge is 0.456 e. The Kier molecular flexibility index (Phi) is 3.80. The van der Waals surface area contributed by atoms with Gasteiger partial charge in [0.1, 0.15) is 11.2 Å². The van der Waals surface area contributed by atoms with Gasteiger partial charge in [0.05, 0.1) is 11.0 Å². The van der Waals surface area contributed by atoms with Crippen LogP contribution in [-0.2, 0) is 0 Å². The molecule has 0 spiro atoms. The van der Waals surface area contributed by atoms with Crippen LogP contribution in [0.1, 0.15) is 11.0 Å². The molecule has 0 amide bonds. The van der Waals surface area contributed by atoms with Crippen LogP contribution in [0.15, 0.2) is 162 Å². The van der Waals surface area contributed by atoms with Crippen LogP contribution < -0.4 is 0 Å². The van der Waals surface area contributed by atoms with Crippen molar-refractivity contribution < 1.29 is 15.4 Å². The first-order valence-electron chi connectivity index (χ1n) is 18.1. The van der Waals surface area contributed by atoms with Gasteiger partial charge in [0.2, 0.25) is 0 Å². The van der Waals surface area contributed by atoms with Crippen molar-refractivity contribution in [2.24, 2.45) is 0 Å². The lowest BCUT2D eigenvalue weighted by atomic mass is 9.85. The number of hydrogen-bond donors (Lipinski definition) is 0. The van der Waals surface area contributed by atoms with Gasteiger partial charge in [-0.05, 0) is 90.0 Å². The molecule has 43 heavy (non-hydrogen) atoms. The highest BCUT2D eigenvalue weighted by Crippen LogP contribution is 2.45. The van der Waals surface area contributed by atoms with E-state index in [-0.39, 0.29) is 45.7 Å². The van der Waals surface area contributed by atoms with Gasteiger partial charge in [-0.3, -0.25) is 0 Å². The van der Waals surface area contributed by atoms with Gasteiger partial charge >= 0.3 is 0 Å². The summed E-state index contributed by atoms with van der Waals surface area (Å²) < 4.78 is 77.9. The summed E-state index contributed by atoms with van der Waals surface area (Å²) in [6.45, 7) is 0. The molecular formula is C42H26O. The van der Waals surface area contributed by atoms with Crippen LogP contribution >= 0.6 is 0 Å². The van der Waals surface area contributed by atoms with Crippen LogP contribution in [0.25, 0.3) is 87.6 Å². The zero-order valence-corrected chi connectivity index (χ0v) is 22.8. The molecule has 0 unspecified atom stereocenters. The van der Waals surface area contributed by atoms with E-state index < -0.39 is 24.2 Å². The van der Waals surface area contributed by atoms with Crippen molar-refractivity contribution in [2.75, 3.05) is 0 Å². The number of benzene rings is 8. The van der Waals surface area contributed by atoms with Crippen molar-refractivity contribution in [1.29, 1.82) is 0 Å². The normalized spacial score (nSPS) is 14.3. The Morgan fingerprint density at radius 3 is 1.63 bits per heavy atom. The third-order valence-corrected chi connectivity index (χ3v) is 8.30. The average Bonchev–Trinajstić information content (AvgIpc) is 3.54. The maximum absolute atomic E-state index is 9.25. The maximum Gasteiger partial charge on any atom is 0.135 e. The molecule has 0 saturated heterocycles. The summed E-state index contributed by atoms with van der Waals surface area (Å²) in [5.41, 5.74) is 4.97. The highest BCUT2D eigenvalue weighted by Gasteiger charge is 2.17. The lowest BCUT2D eigenvalue weighted by Gasteiger charge is -2.18. The summed E-state index contributed by atoms with van der Waals surface area (Å²) in [6.07, 6.45) is 0. The fourth-order valence-corrected chi connectivity index (χ4v) is 6.28. The molecule has 0 saturated carbocycles. The molecule has 0 aliphatic heterocycles. The van der Waals surface area contributed by atoms with E-state index in [1.165, 1.54) is 0 Å². The summed E-state index contributed by atoms with van der Waals surface area (Å²) in [6, 6.07) is 32.0. The van der Waals surface area contributed by atoms with Crippen molar-refractivity contribution in [1.82, 2.24) is 0 Å². The predicted molar refractivity (Wildman–Crippen MR) is 183 cm³/mol. The molecule has 1 nitrogen and oxygen atoms in total. The first-order valence-corrected chi connectivity index (χ1v) is 14.1. The van der Waals surface area contributed by atoms with E-state index in [9.17, 15) is 5.48 Å². The van der Waals surface area contributed by atoms with E-state index in [0.29, 0.717) is 33.4 Å². The molecule has 0 aliphatic carbocycles. The van der Waals surface area contributed by atoms with E-state index >= 15 is 0 Å². The Morgan fingerprint density at radius 1 is 0.372 bits per heavy atom. The number of furan rings is 1. The summed E-state index contributed by atoms with van der Waals surface area (Å²) in [5.74, 6) is 0. The summed E-state index contributed by atoms with van der Waals surface area (Å²) >= 11 is 0. The minimum atomic E-state index is -0.429. The van der Waals surface area contributed by atoms with E-state index in [2.05, 4.69) is 24.3 Å². The minimum absolute atomic E-state index is 0.180. The number of rotatable bonds is 3. The van der Waals surface area contributed by atoms with Crippen LogP contribution in [0.3, 0.4) is 0 Å². The lowest BCUT2D eigenvalue weighted by Crippen LogP contribution is -1.91. The van der Waals surface area contributed by atoms with Crippen molar-refractivity contribution in [3.63, 3.8) is 0 Å². The van der Waals surface area contributed by atoms with E-state index in [0.717, 1.165) is 32.7 Å². The number of fused-ring (bicyclic) bond motifs is 6. The Balaban J connectivity index is 1.41. The minimum Gasteiger partial charge on any atom is -0.456 e. The molecular weight excluding hydrogens is 520 g/mol. The quantitative estimate of drug-likeness (QED) is 0.198. The van der Waals surface area contributed by atoms with Gasteiger partial charge < -0.3 is 4.42 Å². The van der Waals surface area contributed by atoms with Gasteiger partial charge in [-0.1, -0.05) is 133 Å². The van der Waals surface area contributed by atoms with Crippen LogP contribution in [0, 0.1) is 0 Å². The summed E-state index contributed by atoms with van der Waals surface area (Å²) in [7, 11) is 0. The molecule has 0 N–H and O–H groups in total. The van der Waals surface area contributed by atoms with Gasteiger partial charge in [-0.2, -0.15) is 0 Å². The molecule has 8 aromatic carbocycles. The van der Waals surface area contributed by atoms with E-state index in [1.54, 1.807) is 12.1 Å².